The van der Waals surface area contributed by atoms with Crippen molar-refractivity contribution >= 4 is 5.91 Å². The van der Waals surface area contributed by atoms with E-state index in [1.807, 2.05) is 0 Å². The summed E-state index contributed by atoms with van der Waals surface area (Å²) in [7, 11) is 2.13. The number of carbonyl (C=O) groups excluding carboxylic acids is 1. The first-order chi connectivity index (χ1) is 9.66. The zero-order valence-corrected chi connectivity index (χ0v) is 13.2. The number of likely N-dealkylation sites (N-methyl/N-ethyl adjacent to an activating group) is 1. The van der Waals surface area contributed by atoms with Gasteiger partial charge in [-0.05, 0) is 64.3 Å². The first-order valence-electron chi connectivity index (χ1n) is 8.66. The molecule has 1 heterocycles. The normalized spacial score (nSPS) is 32.0. The number of nitrogens with zero attached hydrogens (tertiary/aromatic N) is 2. The number of hydrogen-bond donors (Lipinski definition) is 0. The maximum Gasteiger partial charge on any atom is 0.237 e. The molecule has 0 spiro atoms. The minimum atomic E-state index is 0.386. The van der Waals surface area contributed by atoms with Crippen molar-refractivity contribution in [1.82, 2.24) is 9.80 Å². The molecule has 114 valence electrons. The Morgan fingerprint density at radius 3 is 2.60 bits per heavy atom. The van der Waals surface area contributed by atoms with Crippen LogP contribution in [0.4, 0.5) is 0 Å². The molecule has 3 nitrogen and oxygen atoms in total. The van der Waals surface area contributed by atoms with Gasteiger partial charge in [0, 0.05) is 18.6 Å². The molecule has 3 rings (SSSR count). The summed E-state index contributed by atoms with van der Waals surface area (Å²) >= 11 is 0. The van der Waals surface area contributed by atoms with E-state index in [1.165, 1.54) is 51.4 Å². The second kappa shape index (κ2) is 6.05. The van der Waals surface area contributed by atoms with E-state index in [0.29, 0.717) is 24.5 Å². The van der Waals surface area contributed by atoms with Crippen LogP contribution in [0.25, 0.3) is 0 Å². The summed E-state index contributed by atoms with van der Waals surface area (Å²) in [6, 6.07) is 1.14. The smallest absolute Gasteiger partial charge is 0.237 e. The first kappa shape index (κ1) is 14.4. The van der Waals surface area contributed by atoms with Gasteiger partial charge in [0.25, 0.3) is 0 Å². The van der Waals surface area contributed by atoms with Crippen molar-refractivity contribution in [2.45, 2.75) is 70.4 Å². The van der Waals surface area contributed by atoms with E-state index < -0.39 is 0 Å². The highest BCUT2D eigenvalue weighted by atomic mass is 16.2. The van der Waals surface area contributed by atoms with Crippen molar-refractivity contribution in [2.24, 2.45) is 11.8 Å². The number of rotatable bonds is 4. The molecule has 1 amide bonds. The van der Waals surface area contributed by atoms with Gasteiger partial charge in [0.1, 0.15) is 0 Å². The quantitative estimate of drug-likeness (QED) is 0.789. The van der Waals surface area contributed by atoms with Crippen LogP contribution in [-0.4, -0.2) is 47.9 Å². The number of piperidine rings is 1. The highest BCUT2D eigenvalue weighted by molar-refractivity contribution is 5.78. The van der Waals surface area contributed by atoms with Crippen molar-refractivity contribution in [3.05, 3.63) is 0 Å². The second-order valence-corrected chi connectivity index (χ2v) is 7.33. The van der Waals surface area contributed by atoms with Crippen LogP contribution >= 0.6 is 0 Å². The molecule has 1 saturated heterocycles. The molecule has 0 aromatic rings. The van der Waals surface area contributed by atoms with E-state index in [0.717, 1.165) is 18.4 Å². The van der Waals surface area contributed by atoms with E-state index in [9.17, 15) is 4.79 Å². The van der Waals surface area contributed by atoms with Crippen molar-refractivity contribution in [3.63, 3.8) is 0 Å². The van der Waals surface area contributed by atoms with Gasteiger partial charge in [0.15, 0.2) is 0 Å². The molecule has 2 saturated carbocycles. The van der Waals surface area contributed by atoms with Crippen molar-refractivity contribution < 1.29 is 4.79 Å². The minimum Gasteiger partial charge on any atom is -0.338 e. The summed E-state index contributed by atoms with van der Waals surface area (Å²) in [6.45, 7) is 3.91. The molecule has 0 radical (unpaired) electrons. The number of amides is 1. The van der Waals surface area contributed by atoms with Crippen LogP contribution in [0.2, 0.25) is 0 Å². The molecule has 0 bridgehead atoms. The van der Waals surface area contributed by atoms with E-state index in [4.69, 9.17) is 0 Å². The Balaban J connectivity index is 1.57. The van der Waals surface area contributed by atoms with Crippen molar-refractivity contribution in [1.29, 1.82) is 0 Å². The summed E-state index contributed by atoms with van der Waals surface area (Å²) in [5, 5.41) is 0. The molecule has 3 aliphatic rings. The average molecular weight is 278 g/mol. The Morgan fingerprint density at radius 1 is 1.15 bits per heavy atom. The summed E-state index contributed by atoms with van der Waals surface area (Å²) in [5.74, 6) is 2.03. The van der Waals surface area contributed by atoms with Crippen LogP contribution in [-0.2, 0) is 4.79 Å². The van der Waals surface area contributed by atoms with Gasteiger partial charge in [-0.15, -0.1) is 0 Å². The Labute approximate surface area is 123 Å². The van der Waals surface area contributed by atoms with Gasteiger partial charge in [-0.25, -0.2) is 0 Å². The highest BCUT2D eigenvalue weighted by Gasteiger charge is 2.37. The number of likely N-dealkylation sites (tertiary alicyclic amines) is 1. The molecule has 3 fully saturated rings. The molecule has 3 atom stereocenters. The zero-order chi connectivity index (χ0) is 14.1. The average Bonchev–Trinajstić information content (AvgIpc) is 3.30. The van der Waals surface area contributed by atoms with E-state index in [1.54, 1.807) is 0 Å². The Hall–Kier alpha value is -0.570. The van der Waals surface area contributed by atoms with Crippen LogP contribution in [0, 0.1) is 11.8 Å². The number of carbonyl (C=O) groups is 1. The van der Waals surface area contributed by atoms with Gasteiger partial charge >= 0.3 is 0 Å². The van der Waals surface area contributed by atoms with Gasteiger partial charge in [0.05, 0.1) is 6.54 Å². The third-order valence-electron chi connectivity index (χ3n) is 5.95. The predicted octanol–water partition coefficient (Wildman–Crippen LogP) is 2.90. The lowest BCUT2D eigenvalue weighted by Gasteiger charge is -2.44. The van der Waals surface area contributed by atoms with Crippen molar-refractivity contribution in [3.8, 4) is 0 Å². The van der Waals surface area contributed by atoms with Gasteiger partial charge in [0.2, 0.25) is 5.91 Å². The molecule has 0 aromatic carbocycles. The first-order valence-corrected chi connectivity index (χ1v) is 8.66. The van der Waals surface area contributed by atoms with Gasteiger partial charge < -0.3 is 4.90 Å². The lowest BCUT2D eigenvalue weighted by atomic mass is 9.78. The minimum absolute atomic E-state index is 0.386. The topological polar surface area (TPSA) is 23.6 Å². The Kier molecular flexibility index (Phi) is 4.34. The second-order valence-electron chi connectivity index (χ2n) is 7.33. The lowest BCUT2D eigenvalue weighted by Crippen LogP contribution is -2.52. The Bertz CT molecular complexity index is 351. The molecular weight excluding hydrogens is 248 g/mol. The molecule has 20 heavy (non-hydrogen) atoms. The van der Waals surface area contributed by atoms with E-state index >= 15 is 0 Å². The SMILES string of the molecule is C[C@H](C1CC1)N(C)CC(=O)N1CCC[C@@H]2CCCC[C@@H]21. The summed E-state index contributed by atoms with van der Waals surface area (Å²) in [6.07, 6.45) is 10.6. The largest absolute Gasteiger partial charge is 0.338 e. The molecule has 0 unspecified atom stereocenters. The molecule has 0 N–H and O–H groups in total. The zero-order valence-electron chi connectivity index (χ0n) is 13.2. The molecular formula is C17H30N2O. The van der Waals surface area contributed by atoms with E-state index in [2.05, 4.69) is 23.8 Å². The van der Waals surface area contributed by atoms with Crippen LogP contribution in [0.15, 0.2) is 0 Å². The van der Waals surface area contributed by atoms with E-state index in [-0.39, 0.29) is 0 Å². The van der Waals surface area contributed by atoms with Gasteiger partial charge in [-0.2, -0.15) is 0 Å². The summed E-state index contributed by atoms with van der Waals surface area (Å²) in [4.78, 5) is 17.2. The molecule has 0 aromatic heterocycles. The molecule has 1 aliphatic heterocycles. The maximum atomic E-state index is 12.7. The molecule has 3 heteroatoms. The van der Waals surface area contributed by atoms with Gasteiger partial charge in [-0.3, -0.25) is 9.69 Å². The standard InChI is InChI=1S/C17H30N2O/c1-13(14-9-10-14)18(2)12-17(20)19-11-5-7-15-6-3-4-8-16(15)19/h13-16H,3-12H2,1-2H3/t13-,15+,16+/m1/s1. The number of hydrogen-bond acceptors (Lipinski definition) is 2. The van der Waals surface area contributed by atoms with Crippen molar-refractivity contribution in [2.75, 3.05) is 20.1 Å². The molecule has 2 aliphatic carbocycles. The van der Waals surface area contributed by atoms with Crippen LogP contribution in [0.1, 0.15) is 58.3 Å². The Morgan fingerprint density at radius 2 is 1.85 bits per heavy atom. The maximum absolute atomic E-state index is 12.7. The third kappa shape index (κ3) is 3.03. The van der Waals surface area contributed by atoms with Crippen LogP contribution in [0.5, 0.6) is 0 Å². The fourth-order valence-electron chi connectivity index (χ4n) is 4.32. The lowest BCUT2D eigenvalue weighted by molar-refractivity contribution is -0.139. The monoisotopic (exact) mass is 278 g/mol. The predicted molar refractivity (Wildman–Crippen MR) is 81.5 cm³/mol. The van der Waals surface area contributed by atoms with Crippen LogP contribution in [0.3, 0.4) is 0 Å². The number of fused-ring (bicyclic) bond motifs is 1. The summed E-state index contributed by atoms with van der Waals surface area (Å²) < 4.78 is 0. The summed E-state index contributed by atoms with van der Waals surface area (Å²) in [5.41, 5.74) is 0. The fourth-order valence-corrected chi connectivity index (χ4v) is 4.32. The highest BCUT2D eigenvalue weighted by Crippen LogP contribution is 2.36. The van der Waals surface area contributed by atoms with Crippen LogP contribution < -0.4 is 0 Å². The third-order valence-corrected chi connectivity index (χ3v) is 5.95. The fraction of sp³-hybridized carbons (Fsp3) is 0.941. The van der Waals surface area contributed by atoms with Gasteiger partial charge in [-0.1, -0.05) is 12.8 Å².